The van der Waals surface area contributed by atoms with Crippen molar-refractivity contribution in [3.05, 3.63) is 0 Å². The zero-order valence-electron chi connectivity index (χ0n) is 42.5. The van der Waals surface area contributed by atoms with Crippen LogP contribution in [0.5, 0.6) is 0 Å². The standard InChI is InChI=1S/C53H105O12P/c1-3-5-7-9-11-13-15-17-19-21-22-23-24-25-26-27-28-30-32-34-36-38-40-42-47(54)64-46(45-63-66(60,61)65-53-51(58)49(56)48(55)50(57)52(53)59)44-62-43-41-39-37-35-33-31-29-20-18-16-14-12-10-8-6-4-2/h46,48-53,55-59H,3-45H2,1-2H3,(H,60,61). The fourth-order valence-electron chi connectivity index (χ4n) is 9.07. The number of ether oxygens (including phenoxy) is 2. The minimum absolute atomic E-state index is 0.0673. The summed E-state index contributed by atoms with van der Waals surface area (Å²) in [6, 6.07) is 0. The maximum Gasteiger partial charge on any atom is 0.472 e. The van der Waals surface area contributed by atoms with Crippen molar-refractivity contribution in [1.29, 1.82) is 0 Å². The van der Waals surface area contributed by atoms with Crippen molar-refractivity contribution >= 4 is 13.8 Å². The first-order valence-corrected chi connectivity index (χ1v) is 29.4. The topological polar surface area (TPSA) is 192 Å². The molecule has 6 unspecified atom stereocenters. The third-order valence-corrected chi connectivity index (χ3v) is 14.5. The van der Waals surface area contributed by atoms with Gasteiger partial charge in [-0.05, 0) is 12.8 Å². The summed E-state index contributed by atoms with van der Waals surface area (Å²) < 4.78 is 34.4. The molecule has 13 heteroatoms. The number of phosphoric acid groups is 1. The predicted molar refractivity (Wildman–Crippen MR) is 267 cm³/mol. The Labute approximate surface area is 404 Å². The number of hydrogen-bond donors (Lipinski definition) is 6. The largest absolute Gasteiger partial charge is 0.472 e. The van der Waals surface area contributed by atoms with Gasteiger partial charge in [0.1, 0.15) is 42.7 Å². The van der Waals surface area contributed by atoms with Gasteiger partial charge in [0.05, 0.1) is 13.2 Å². The Morgan fingerprint density at radius 3 is 1.05 bits per heavy atom. The van der Waals surface area contributed by atoms with Crippen molar-refractivity contribution in [3.63, 3.8) is 0 Å². The van der Waals surface area contributed by atoms with Crippen LogP contribution < -0.4 is 0 Å². The SMILES string of the molecule is CCCCCCCCCCCCCCCCCCCCCCCCCC(=O)OC(COCCCCCCCCCCCCCCCCCC)COP(=O)(O)OC1C(O)C(O)C(O)C(O)C1O. The van der Waals surface area contributed by atoms with E-state index in [1.807, 2.05) is 0 Å². The van der Waals surface area contributed by atoms with Gasteiger partial charge in [-0.15, -0.1) is 0 Å². The average Bonchev–Trinajstić information content (AvgIpc) is 3.30. The molecule has 394 valence electrons. The highest BCUT2D eigenvalue weighted by Gasteiger charge is 2.51. The number of carbonyl (C=O) groups is 1. The fourth-order valence-corrected chi connectivity index (χ4v) is 10.0. The van der Waals surface area contributed by atoms with E-state index >= 15 is 0 Å². The Bertz CT molecular complexity index is 1100. The Morgan fingerprint density at radius 1 is 0.424 bits per heavy atom. The molecule has 1 aliphatic carbocycles. The van der Waals surface area contributed by atoms with Gasteiger partial charge in [-0.3, -0.25) is 13.8 Å². The van der Waals surface area contributed by atoms with Gasteiger partial charge in [0.15, 0.2) is 0 Å². The molecule has 6 atom stereocenters. The van der Waals surface area contributed by atoms with Crippen LogP contribution in [0, 0.1) is 0 Å². The second-order valence-corrected chi connectivity index (χ2v) is 21.2. The first-order chi connectivity index (χ1) is 32.0. The van der Waals surface area contributed by atoms with E-state index in [-0.39, 0.29) is 13.0 Å². The molecule has 0 aromatic carbocycles. The van der Waals surface area contributed by atoms with Crippen LogP contribution >= 0.6 is 7.82 Å². The van der Waals surface area contributed by atoms with Gasteiger partial charge >= 0.3 is 13.8 Å². The highest BCUT2D eigenvalue weighted by Crippen LogP contribution is 2.47. The monoisotopic (exact) mass is 965 g/mol. The second-order valence-electron chi connectivity index (χ2n) is 19.8. The van der Waals surface area contributed by atoms with E-state index < -0.39 is 63.1 Å². The molecule has 0 aromatic heterocycles. The molecular weight excluding hydrogens is 860 g/mol. The molecule has 0 aliphatic heterocycles. The summed E-state index contributed by atoms with van der Waals surface area (Å²) in [6.07, 6.45) is 37.5. The molecule has 1 aliphatic rings. The van der Waals surface area contributed by atoms with E-state index in [2.05, 4.69) is 13.8 Å². The number of hydrogen-bond acceptors (Lipinski definition) is 11. The van der Waals surface area contributed by atoms with Gasteiger partial charge in [-0.1, -0.05) is 251 Å². The van der Waals surface area contributed by atoms with Crippen LogP contribution in [0.3, 0.4) is 0 Å². The van der Waals surface area contributed by atoms with Gasteiger partial charge in [-0.25, -0.2) is 4.57 Å². The molecule has 1 saturated carbocycles. The minimum Gasteiger partial charge on any atom is -0.457 e. The van der Waals surface area contributed by atoms with Crippen molar-refractivity contribution in [2.24, 2.45) is 0 Å². The van der Waals surface area contributed by atoms with Crippen LogP contribution in [0.15, 0.2) is 0 Å². The third-order valence-electron chi connectivity index (χ3n) is 13.5. The maximum absolute atomic E-state index is 12.9. The van der Waals surface area contributed by atoms with Gasteiger partial charge in [-0.2, -0.15) is 0 Å². The molecular formula is C53H105O12P. The summed E-state index contributed by atoms with van der Waals surface area (Å²) in [5.74, 6) is -0.467. The minimum atomic E-state index is -5.02. The van der Waals surface area contributed by atoms with Crippen molar-refractivity contribution in [1.82, 2.24) is 0 Å². The Kier molecular flexibility index (Phi) is 42.5. The summed E-state index contributed by atoms with van der Waals surface area (Å²) >= 11 is 0. The van der Waals surface area contributed by atoms with Crippen LogP contribution in [0.25, 0.3) is 0 Å². The van der Waals surface area contributed by atoms with Gasteiger partial charge < -0.3 is 39.9 Å². The summed E-state index contributed by atoms with van der Waals surface area (Å²) in [5, 5.41) is 50.4. The first-order valence-electron chi connectivity index (χ1n) is 27.9. The van der Waals surface area contributed by atoms with Crippen LogP contribution in [-0.4, -0.2) is 98.9 Å². The second kappa shape index (κ2) is 44.3. The highest BCUT2D eigenvalue weighted by atomic mass is 31.2. The van der Waals surface area contributed by atoms with Crippen molar-refractivity contribution in [3.8, 4) is 0 Å². The van der Waals surface area contributed by atoms with Crippen molar-refractivity contribution in [2.45, 2.75) is 313 Å². The molecule has 0 bridgehead atoms. The third kappa shape index (κ3) is 35.4. The Morgan fingerprint density at radius 2 is 0.712 bits per heavy atom. The quantitative estimate of drug-likeness (QED) is 0.0192. The lowest BCUT2D eigenvalue weighted by Crippen LogP contribution is -2.64. The molecule has 0 heterocycles. The predicted octanol–water partition coefficient (Wildman–Crippen LogP) is 12.9. The van der Waals surface area contributed by atoms with Crippen molar-refractivity contribution < 1.29 is 58.3 Å². The van der Waals surface area contributed by atoms with Gasteiger partial charge in [0.25, 0.3) is 0 Å². The first kappa shape index (κ1) is 63.4. The Balaban J connectivity index is 2.26. The normalized spacial score (nSPS) is 21.3. The number of aliphatic hydroxyl groups is 5. The van der Waals surface area contributed by atoms with Crippen molar-refractivity contribution in [2.75, 3.05) is 19.8 Å². The van der Waals surface area contributed by atoms with Crippen LogP contribution in [0.4, 0.5) is 0 Å². The molecule has 1 rings (SSSR count). The molecule has 66 heavy (non-hydrogen) atoms. The molecule has 0 saturated heterocycles. The molecule has 12 nitrogen and oxygen atoms in total. The molecule has 0 amide bonds. The molecule has 0 aromatic rings. The van der Waals surface area contributed by atoms with E-state index in [0.717, 1.165) is 38.5 Å². The molecule has 1 fully saturated rings. The molecule has 6 N–H and O–H groups in total. The van der Waals surface area contributed by atoms with E-state index in [0.29, 0.717) is 13.0 Å². The van der Waals surface area contributed by atoms with E-state index in [4.69, 9.17) is 18.5 Å². The molecule has 0 spiro atoms. The smallest absolute Gasteiger partial charge is 0.457 e. The van der Waals surface area contributed by atoms with Gasteiger partial charge in [0.2, 0.25) is 0 Å². The van der Waals surface area contributed by atoms with E-state index in [1.54, 1.807) is 0 Å². The number of rotatable bonds is 49. The van der Waals surface area contributed by atoms with E-state index in [9.17, 15) is 39.8 Å². The lowest BCUT2D eigenvalue weighted by atomic mass is 9.85. The summed E-state index contributed by atoms with van der Waals surface area (Å²) in [7, 11) is -5.02. The maximum atomic E-state index is 12.9. The van der Waals surface area contributed by atoms with E-state index in [1.165, 1.54) is 205 Å². The lowest BCUT2D eigenvalue weighted by molar-refractivity contribution is -0.220. The molecule has 0 radical (unpaired) electrons. The summed E-state index contributed by atoms with van der Waals surface area (Å²) in [6.45, 7) is 4.33. The fraction of sp³-hybridized carbons (Fsp3) is 0.981. The number of aliphatic hydroxyl groups excluding tert-OH is 5. The number of carbonyl (C=O) groups excluding carboxylic acids is 1. The Hall–Kier alpha value is -0.660. The lowest BCUT2D eigenvalue weighted by Gasteiger charge is -2.41. The van der Waals surface area contributed by atoms with Crippen LogP contribution in [0.1, 0.15) is 271 Å². The van der Waals surface area contributed by atoms with Crippen LogP contribution in [-0.2, 0) is 27.9 Å². The highest BCUT2D eigenvalue weighted by molar-refractivity contribution is 7.47. The summed E-state index contributed by atoms with van der Waals surface area (Å²) in [5.41, 5.74) is 0. The van der Waals surface area contributed by atoms with Gasteiger partial charge in [0, 0.05) is 13.0 Å². The summed E-state index contributed by atoms with van der Waals surface area (Å²) in [4.78, 5) is 23.3. The zero-order chi connectivity index (χ0) is 48.4. The number of unbranched alkanes of at least 4 members (excludes halogenated alkanes) is 37. The average molecular weight is 965 g/mol. The number of phosphoric ester groups is 1. The zero-order valence-corrected chi connectivity index (χ0v) is 43.4. The number of esters is 1. The van der Waals surface area contributed by atoms with Crippen LogP contribution in [0.2, 0.25) is 0 Å².